The van der Waals surface area contributed by atoms with E-state index in [-0.39, 0.29) is 29.7 Å². The third-order valence-corrected chi connectivity index (χ3v) is 3.36. The number of rotatable bonds is 8. The number of nitrogens with zero attached hydrogens (tertiary/aromatic N) is 1. The van der Waals surface area contributed by atoms with Crippen molar-refractivity contribution in [3.05, 3.63) is 53.5 Å². The number of hydrogen-bond donors (Lipinski definition) is 3. The van der Waals surface area contributed by atoms with E-state index in [1.165, 1.54) is 0 Å². The molecule has 0 spiro atoms. The topological polar surface area (TPSA) is 102 Å². The van der Waals surface area contributed by atoms with E-state index in [0.717, 1.165) is 17.9 Å². The number of benzene rings is 1. The number of aliphatic imine (C=N–C) groups is 1. The van der Waals surface area contributed by atoms with E-state index < -0.39 is 5.91 Å². The predicted molar refractivity (Wildman–Crippen MR) is 112 cm³/mol. The number of halogens is 1. The van der Waals surface area contributed by atoms with Gasteiger partial charge in [0.1, 0.15) is 11.5 Å². The van der Waals surface area contributed by atoms with E-state index in [2.05, 4.69) is 15.6 Å². The Bertz CT molecular complexity index is 731. The minimum Gasteiger partial charge on any atom is -0.494 e. The first-order valence-electron chi connectivity index (χ1n) is 8.25. The molecule has 1 aromatic heterocycles. The van der Waals surface area contributed by atoms with Crippen molar-refractivity contribution in [2.75, 3.05) is 13.2 Å². The normalized spacial score (nSPS) is 10.8. The molecule has 0 aliphatic rings. The maximum atomic E-state index is 11.1. The molecule has 0 unspecified atom stereocenters. The zero-order valence-corrected chi connectivity index (χ0v) is 17.3. The zero-order valence-electron chi connectivity index (χ0n) is 15.0. The van der Waals surface area contributed by atoms with Crippen molar-refractivity contribution in [2.45, 2.75) is 26.9 Å². The second kappa shape index (κ2) is 11.4. The van der Waals surface area contributed by atoms with Crippen LogP contribution in [0.3, 0.4) is 0 Å². The minimum atomic E-state index is -0.584. The minimum absolute atomic E-state index is 0. The predicted octanol–water partition coefficient (Wildman–Crippen LogP) is 2.65. The van der Waals surface area contributed by atoms with Crippen molar-refractivity contribution in [3.8, 4) is 5.75 Å². The van der Waals surface area contributed by atoms with Crippen LogP contribution in [0.15, 0.2) is 45.8 Å². The molecule has 4 N–H and O–H groups in total. The molecule has 0 atom stereocenters. The molecule has 7 nitrogen and oxygen atoms in total. The summed E-state index contributed by atoms with van der Waals surface area (Å²) < 4.78 is 11.0. The molecule has 1 heterocycles. The summed E-state index contributed by atoms with van der Waals surface area (Å²) in [6.07, 6.45) is 0. The highest BCUT2D eigenvalue weighted by atomic mass is 127. The molecule has 0 saturated carbocycles. The number of para-hydroxylation sites is 1. The first-order chi connectivity index (χ1) is 12.1. The summed E-state index contributed by atoms with van der Waals surface area (Å²) in [6, 6.07) is 11.1. The Kier molecular flexibility index (Phi) is 9.56. The summed E-state index contributed by atoms with van der Waals surface area (Å²) in [5.41, 5.74) is 6.19. The van der Waals surface area contributed by atoms with Crippen LogP contribution in [-0.2, 0) is 13.1 Å². The summed E-state index contributed by atoms with van der Waals surface area (Å²) in [4.78, 5) is 15.6. The van der Waals surface area contributed by atoms with Gasteiger partial charge >= 0.3 is 0 Å². The third-order valence-electron chi connectivity index (χ3n) is 3.36. The first kappa shape index (κ1) is 21.8. The van der Waals surface area contributed by atoms with Gasteiger partial charge in [-0.15, -0.1) is 24.0 Å². The quantitative estimate of drug-likeness (QED) is 0.312. The Labute approximate surface area is 170 Å². The first-order valence-corrected chi connectivity index (χ1v) is 8.25. The van der Waals surface area contributed by atoms with Crippen LogP contribution in [0.25, 0.3) is 0 Å². The Morgan fingerprint density at radius 3 is 2.62 bits per heavy atom. The molecular formula is C18H25IN4O3. The second-order valence-electron chi connectivity index (χ2n) is 5.22. The lowest BCUT2D eigenvalue weighted by molar-refractivity contribution is 0.0972. The van der Waals surface area contributed by atoms with Gasteiger partial charge in [0.15, 0.2) is 11.7 Å². The average molecular weight is 472 g/mol. The highest BCUT2D eigenvalue weighted by Gasteiger charge is 2.08. The highest BCUT2D eigenvalue weighted by Crippen LogP contribution is 2.18. The molecule has 0 saturated heterocycles. The van der Waals surface area contributed by atoms with Crippen LogP contribution < -0.4 is 21.1 Å². The number of ether oxygens (including phenoxy) is 1. The summed E-state index contributed by atoms with van der Waals surface area (Å²) in [5, 5.41) is 6.33. The summed E-state index contributed by atoms with van der Waals surface area (Å²) in [6.45, 7) is 6.16. The van der Waals surface area contributed by atoms with E-state index in [1.54, 1.807) is 12.1 Å². The number of guanidine groups is 1. The van der Waals surface area contributed by atoms with E-state index in [4.69, 9.17) is 14.9 Å². The molecule has 142 valence electrons. The van der Waals surface area contributed by atoms with Crippen LogP contribution >= 0.6 is 24.0 Å². The second-order valence-corrected chi connectivity index (χ2v) is 5.22. The summed E-state index contributed by atoms with van der Waals surface area (Å²) in [5.74, 6) is 1.64. The lowest BCUT2D eigenvalue weighted by Gasteiger charge is -2.12. The average Bonchev–Trinajstić information content (AvgIpc) is 3.08. The Balaban J connectivity index is 0.00000338. The van der Waals surface area contributed by atoms with Crippen molar-refractivity contribution in [3.63, 3.8) is 0 Å². The Morgan fingerprint density at radius 1 is 1.19 bits per heavy atom. The van der Waals surface area contributed by atoms with E-state index in [0.29, 0.717) is 31.4 Å². The number of primary amides is 1. The molecule has 0 aliphatic carbocycles. The van der Waals surface area contributed by atoms with Crippen LogP contribution in [0.4, 0.5) is 0 Å². The number of hydrogen-bond acceptors (Lipinski definition) is 4. The molecule has 26 heavy (non-hydrogen) atoms. The van der Waals surface area contributed by atoms with Crippen molar-refractivity contribution in [2.24, 2.45) is 10.7 Å². The van der Waals surface area contributed by atoms with Gasteiger partial charge in [0.05, 0.1) is 19.7 Å². The summed E-state index contributed by atoms with van der Waals surface area (Å²) >= 11 is 0. The SMILES string of the molecule is CCNC(=NCc1ccccc1OCC)NCc1ccc(C(N)=O)o1.I. The van der Waals surface area contributed by atoms with Crippen LogP contribution in [0, 0.1) is 0 Å². The largest absolute Gasteiger partial charge is 0.494 e. The number of carbonyl (C=O) groups is 1. The maximum absolute atomic E-state index is 11.1. The van der Waals surface area contributed by atoms with Gasteiger partial charge in [-0.25, -0.2) is 4.99 Å². The number of carbonyl (C=O) groups excluding carboxylic acids is 1. The van der Waals surface area contributed by atoms with Crippen molar-refractivity contribution in [1.82, 2.24) is 10.6 Å². The number of amides is 1. The van der Waals surface area contributed by atoms with E-state index in [1.807, 2.05) is 38.1 Å². The highest BCUT2D eigenvalue weighted by molar-refractivity contribution is 14.0. The van der Waals surface area contributed by atoms with Gasteiger partial charge in [-0.3, -0.25) is 4.79 Å². The van der Waals surface area contributed by atoms with Crippen LogP contribution in [0.5, 0.6) is 5.75 Å². The lowest BCUT2D eigenvalue weighted by atomic mass is 10.2. The number of nitrogens with one attached hydrogen (secondary N) is 2. The third kappa shape index (κ3) is 6.58. The van der Waals surface area contributed by atoms with Gasteiger partial charge in [0.25, 0.3) is 5.91 Å². The Morgan fingerprint density at radius 2 is 1.96 bits per heavy atom. The van der Waals surface area contributed by atoms with E-state index in [9.17, 15) is 4.79 Å². The smallest absolute Gasteiger partial charge is 0.284 e. The lowest BCUT2D eigenvalue weighted by Crippen LogP contribution is -2.36. The fourth-order valence-corrected chi connectivity index (χ4v) is 2.21. The fraction of sp³-hybridized carbons (Fsp3) is 0.333. The van der Waals surface area contributed by atoms with Gasteiger partial charge in [-0.05, 0) is 32.0 Å². The number of nitrogens with two attached hydrogens (primary N) is 1. The van der Waals surface area contributed by atoms with Crippen molar-refractivity contribution in [1.29, 1.82) is 0 Å². The Hall–Kier alpha value is -2.23. The molecule has 1 aromatic carbocycles. The molecule has 0 fully saturated rings. The molecule has 0 radical (unpaired) electrons. The maximum Gasteiger partial charge on any atom is 0.284 e. The molecule has 0 bridgehead atoms. The van der Waals surface area contributed by atoms with Gasteiger partial charge in [-0.2, -0.15) is 0 Å². The molecule has 2 rings (SSSR count). The fourth-order valence-electron chi connectivity index (χ4n) is 2.21. The van der Waals surface area contributed by atoms with Crippen LogP contribution in [-0.4, -0.2) is 25.0 Å². The van der Waals surface area contributed by atoms with Gasteiger partial charge < -0.3 is 25.5 Å². The monoisotopic (exact) mass is 472 g/mol. The molecule has 1 amide bonds. The van der Waals surface area contributed by atoms with Gasteiger partial charge in [-0.1, -0.05) is 18.2 Å². The van der Waals surface area contributed by atoms with Crippen LogP contribution in [0.2, 0.25) is 0 Å². The molecular weight excluding hydrogens is 447 g/mol. The van der Waals surface area contributed by atoms with E-state index >= 15 is 0 Å². The molecule has 8 heteroatoms. The standard InChI is InChI=1S/C18H24N4O3.HI/c1-3-20-18(22-12-14-9-10-16(25-14)17(19)23)21-11-13-7-5-6-8-15(13)24-4-2;/h5-10H,3-4,11-12H2,1-2H3,(H2,19,23)(H2,20,21,22);1H. The molecule has 2 aromatic rings. The van der Waals surface area contributed by atoms with Gasteiger partial charge in [0.2, 0.25) is 0 Å². The van der Waals surface area contributed by atoms with Crippen molar-refractivity contribution >= 4 is 35.8 Å². The number of furan rings is 1. The molecule has 0 aliphatic heterocycles. The van der Waals surface area contributed by atoms with Gasteiger partial charge in [0, 0.05) is 12.1 Å². The van der Waals surface area contributed by atoms with Crippen LogP contribution in [0.1, 0.15) is 35.7 Å². The zero-order chi connectivity index (χ0) is 18.1. The van der Waals surface area contributed by atoms with Crippen molar-refractivity contribution < 1.29 is 13.9 Å². The summed E-state index contributed by atoms with van der Waals surface area (Å²) in [7, 11) is 0.